The minimum atomic E-state index is -2.85. The summed E-state index contributed by atoms with van der Waals surface area (Å²) in [5.41, 5.74) is 5.79. The molecule has 5 nitrogen and oxygen atoms in total. The van der Waals surface area contributed by atoms with Crippen LogP contribution in [0.5, 0.6) is 11.5 Å². The lowest BCUT2D eigenvalue weighted by Gasteiger charge is -2.20. The zero-order valence-corrected chi connectivity index (χ0v) is 13.1. The molecule has 2 unspecified atom stereocenters. The van der Waals surface area contributed by atoms with Crippen LogP contribution >= 0.6 is 0 Å². The highest BCUT2D eigenvalue weighted by molar-refractivity contribution is 7.91. The lowest BCUT2D eigenvalue weighted by atomic mass is 9.89. The highest BCUT2D eigenvalue weighted by Gasteiger charge is 2.32. The van der Waals surface area contributed by atoms with Gasteiger partial charge in [0.25, 0.3) is 0 Å². The standard InChI is InChI=1S/C15H23NO4S/c1-19-14-2-4-15(5-3-14)20-8-6-12(10-16)13-7-9-21(17,18)11-13/h2-5,12-13H,6-11,16H2,1H3. The lowest BCUT2D eigenvalue weighted by molar-refractivity contribution is 0.247. The molecule has 0 aliphatic carbocycles. The Morgan fingerprint density at radius 3 is 2.48 bits per heavy atom. The normalized spacial score (nSPS) is 21.9. The average molecular weight is 313 g/mol. The minimum Gasteiger partial charge on any atom is -0.497 e. The lowest BCUT2D eigenvalue weighted by Crippen LogP contribution is -2.26. The molecule has 1 heterocycles. The molecule has 2 rings (SSSR count). The summed E-state index contributed by atoms with van der Waals surface area (Å²) in [5.74, 6) is 2.54. The first-order chi connectivity index (χ1) is 10.0. The molecule has 118 valence electrons. The van der Waals surface area contributed by atoms with Gasteiger partial charge in [-0.05, 0) is 55.5 Å². The molecule has 21 heavy (non-hydrogen) atoms. The maximum atomic E-state index is 11.5. The third-order valence-corrected chi connectivity index (χ3v) is 5.85. The van der Waals surface area contributed by atoms with Gasteiger partial charge in [0.2, 0.25) is 0 Å². The number of nitrogens with two attached hydrogens (primary N) is 1. The number of hydrogen-bond donors (Lipinski definition) is 1. The number of methoxy groups -OCH3 is 1. The molecular formula is C15H23NO4S. The fraction of sp³-hybridized carbons (Fsp3) is 0.600. The summed E-state index contributed by atoms with van der Waals surface area (Å²) in [7, 11) is -1.22. The molecular weight excluding hydrogens is 290 g/mol. The summed E-state index contributed by atoms with van der Waals surface area (Å²) in [6.07, 6.45) is 1.51. The smallest absolute Gasteiger partial charge is 0.150 e. The first kappa shape index (κ1) is 16.1. The van der Waals surface area contributed by atoms with Crippen molar-refractivity contribution >= 4 is 9.84 Å². The van der Waals surface area contributed by atoms with E-state index in [1.807, 2.05) is 24.3 Å². The number of sulfone groups is 1. The van der Waals surface area contributed by atoms with Gasteiger partial charge in [-0.3, -0.25) is 0 Å². The van der Waals surface area contributed by atoms with E-state index in [0.29, 0.717) is 18.9 Å². The first-order valence-electron chi connectivity index (χ1n) is 7.21. The maximum absolute atomic E-state index is 11.5. The zero-order valence-electron chi connectivity index (χ0n) is 12.3. The molecule has 0 radical (unpaired) electrons. The fourth-order valence-electron chi connectivity index (χ4n) is 2.74. The van der Waals surface area contributed by atoms with Crippen molar-refractivity contribution in [3.05, 3.63) is 24.3 Å². The van der Waals surface area contributed by atoms with Gasteiger partial charge in [0.05, 0.1) is 25.2 Å². The molecule has 0 saturated carbocycles. The molecule has 2 N–H and O–H groups in total. The molecule has 6 heteroatoms. The number of hydrogen-bond acceptors (Lipinski definition) is 5. The number of benzene rings is 1. The van der Waals surface area contributed by atoms with Crippen LogP contribution in [0.25, 0.3) is 0 Å². The van der Waals surface area contributed by atoms with E-state index in [4.69, 9.17) is 15.2 Å². The molecule has 1 aromatic carbocycles. The van der Waals surface area contributed by atoms with Gasteiger partial charge in [-0.25, -0.2) is 8.42 Å². The molecule has 1 fully saturated rings. The van der Waals surface area contributed by atoms with E-state index in [9.17, 15) is 8.42 Å². The molecule has 1 saturated heterocycles. The van der Waals surface area contributed by atoms with Crippen molar-refractivity contribution in [3.63, 3.8) is 0 Å². The van der Waals surface area contributed by atoms with Crippen LogP contribution in [-0.2, 0) is 9.84 Å². The van der Waals surface area contributed by atoms with Crippen LogP contribution in [0.3, 0.4) is 0 Å². The predicted octanol–water partition coefficient (Wildman–Crippen LogP) is 1.47. The van der Waals surface area contributed by atoms with Crippen LogP contribution in [0, 0.1) is 11.8 Å². The molecule has 0 bridgehead atoms. The first-order valence-corrected chi connectivity index (χ1v) is 9.03. The number of ether oxygens (including phenoxy) is 2. The molecule has 1 aliphatic heterocycles. The third kappa shape index (κ3) is 4.61. The zero-order chi connectivity index (χ0) is 15.3. The molecule has 2 atom stereocenters. The van der Waals surface area contributed by atoms with Gasteiger partial charge in [0.1, 0.15) is 11.5 Å². The predicted molar refractivity (Wildman–Crippen MR) is 82.4 cm³/mol. The van der Waals surface area contributed by atoms with Crippen LogP contribution < -0.4 is 15.2 Å². The minimum absolute atomic E-state index is 0.180. The third-order valence-electron chi connectivity index (χ3n) is 4.05. The monoisotopic (exact) mass is 313 g/mol. The van der Waals surface area contributed by atoms with Crippen LogP contribution in [0.4, 0.5) is 0 Å². The second-order valence-corrected chi connectivity index (χ2v) is 7.70. The Morgan fingerprint density at radius 2 is 1.95 bits per heavy atom. The van der Waals surface area contributed by atoms with Crippen molar-refractivity contribution in [1.82, 2.24) is 0 Å². The Labute approximate surface area is 126 Å². The quantitative estimate of drug-likeness (QED) is 0.825. The van der Waals surface area contributed by atoms with E-state index in [2.05, 4.69) is 0 Å². The summed E-state index contributed by atoms with van der Waals surface area (Å²) in [4.78, 5) is 0. The van der Waals surface area contributed by atoms with Crippen molar-refractivity contribution in [2.45, 2.75) is 12.8 Å². The van der Waals surface area contributed by atoms with E-state index in [1.165, 1.54) is 0 Å². The fourth-order valence-corrected chi connectivity index (χ4v) is 4.66. The van der Waals surface area contributed by atoms with Crippen molar-refractivity contribution in [1.29, 1.82) is 0 Å². The maximum Gasteiger partial charge on any atom is 0.150 e. The van der Waals surface area contributed by atoms with Crippen LogP contribution in [0.2, 0.25) is 0 Å². The van der Waals surface area contributed by atoms with E-state index in [1.54, 1.807) is 7.11 Å². The van der Waals surface area contributed by atoms with Crippen molar-refractivity contribution in [3.8, 4) is 11.5 Å². The Kier molecular flexibility index (Phi) is 5.47. The highest BCUT2D eigenvalue weighted by Crippen LogP contribution is 2.28. The van der Waals surface area contributed by atoms with Gasteiger partial charge < -0.3 is 15.2 Å². The summed E-state index contributed by atoms with van der Waals surface area (Å²) < 4.78 is 33.8. The van der Waals surface area contributed by atoms with Crippen LogP contribution in [0.15, 0.2) is 24.3 Å². The van der Waals surface area contributed by atoms with Gasteiger partial charge in [-0.2, -0.15) is 0 Å². The van der Waals surface area contributed by atoms with Crippen molar-refractivity contribution in [2.75, 3.05) is 31.8 Å². The summed E-state index contributed by atoms with van der Waals surface area (Å²) in [6, 6.07) is 7.41. The van der Waals surface area contributed by atoms with Gasteiger partial charge in [0, 0.05) is 0 Å². The highest BCUT2D eigenvalue weighted by atomic mass is 32.2. The van der Waals surface area contributed by atoms with E-state index < -0.39 is 9.84 Å². The summed E-state index contributed by atoms with van der Waals surface area (Å²) in [6.45, 7) is 1.05. The van der Waals surface area contributed by atoms with Crippen molar-refractivity contribution < 1.29 is 17.9 Å². The van der Waals surface area contributed by atoms with Crippen molar-refractivity contribution in [2.24, 2.45) is 17.6 Å². The summed E-state index contributed by atoms with van der Waals surface area (Å²) in [5, 5.41) is 0. The summed E-state index contributed by atoms with van der Waals surface area (Å²) >= 11 is 0. The SMILES string of the molecule is COc1ccc(OCCC(CN)C2CCS(=O)(=O)C2)cc1. The number of rotatable bonds is 7. The van der Waals surface area contributed by atoms with Crippen LogP contribution in [-0.4, -0.2) is 40.2 Å². The second-order valence-electron chi connectivity index (χ2n) is 5.47. The molecule has 1 aliphatic rings. The molecule has 0 amide bonds. The van der Waals surface area contributed by atoms with Crippen LogP contribution in [0.1, 0.15) is 12.8 Å². The van der Waals surface area contributed by atoms with E-state index in [0.717, 1.165) is 24.3 Å². The Hall–Kier alpha value is -1.27. The molecule has 0 aromatic heterocycles. The van der Waals surface area contributed by atoms with Gasteiger partial charge in [-0.1, -0.05) is 0 Å². The second kappa shape index (κ2) is 7.13. The van der Waals surface area contributed by atoms with E-state index >= 15 is 0 Å². The van der Waals surface area contributed by atoms with Gasteiger partial charge in [-0.15, -0.1) is 0 Å². The molecule has 0 spiro atoms. The topological polar surface area (TPSA) is 78.6 Å². The van der Waals surface area contributed by atoms with Gasteiger partial charge >= 0.3 is 0 Å². The Bertz CT molecular complexity index is 541. The average Bonchev–Trinajstić information content (AvgIpc) is 2.84. The molecule has 1 aromatic rings. The van der Waals surface area contributed by atoms with E-state index in [-0.39, 0.29) is 17.6 Å². The largest absolute Gasteiger partial charge is 0.497 e. The van der Waals surface area contributed by atoms with Gasteiger partial charge in [0.15, 0.2) is 9.84 Å². The Balaban J connectivity index is 1.80. The Morgan fingerprint density at radius 1 is 1.29 bits per heavy atom.